The van der Waals surface area contributed by atoms with E-state index in [2.05, 4.69) is 4.90 Å². The lowest BCUT2D eigenvalue weighted by atomic mass is 9.87. The first-order valence-electron chi connectivity index (χ1n) is 6.34. The van der Waals surface area contributed by atoms with Gasteiger partial charge in [0.25, 0.3) is 0 Å². The van der Waals surface area contributed by atoms with Gasteiger partial charge in [-0.05, 0) is 19.8 Å². The third-order valence-corrected chi connectivity index (χ3v) is 3.75. The second-order valence-corrected chi connectivity index (χ2v) is 4.87. The van der Waals surface area contributed by atoms with Crippen molar-refractivity contribution in [1.29, 1.82) is 0 Å². The summed E-state index contributed by atoms with van der Waals surface area (Å²) in [6, 6.07) is 7.10. The van der Waals surface area contributed by atoms with Gasteiger partial charge in [-0.15, -0.1) is 0 Å². The number of rotatable bonds is 1. The number of likely N-dealkylation sites (tertiary alicyclic amines) is 1. The average Bonchev–Trinajstić information content (AvgIpc) is 2.90. The van der Waals surface area contributed by atoms with Crippen LogP contribution < -0.4 is 0 Å². The van der Waals surface area contributed by atoms with Crippen molar-refractivity contribution in [3.8, 4) is 0 Å². The summed E-state index contributed by atoms with van der Waals surface area (Å²) in [5.41, 5.74) is 2.31. The lowest BCUT2D eigenvalue weighted by Crippen LogP contribution is -2.31. The van der Waals surface area contributed by atoms with Gasteiger partial charge in [0.2, 0.25) is 5.78 Å². The number of benzene rings is 1. The molecule has 0 saturated carbocycles. The fraction of sp³-hybridized carbons (Fsp3) is 0.333. The Kier molecular flexibility index (Phi) is 2.54. The highest BCUT2D eigenvalue weighted by Crippen LogP contribution is 2.29. The molecule has 1 aromatic rings. The molecule has 0 atom stereocenters. The van der Waals surface area contributed by atoms with Crippen LogP contribution in [0.5, 0.6) is 0 Å². The maximum Gasteiger partial charge on any atom is 0.210 e. The van der Waals surface area contributed by atoms with Crippen LogP contribution in [0, 0.1) is 0 Å². The number of carbonyl (C=O) groups excluding carboxylic acids is 2. The van der Waals surface area contributed by atoms with Gasteiger partial charge in [0.05, 0.1) is 5.70 Å². The van der Waals surface area contributed by atoms with E-state index in [1.54, 1.807) is 25.1 Å². The van der Waals surface area contributed by atoms with Crippen LogP contribution in [0.3, 0.4) is 0 Å². The zero-order chi connectivity index (χ0) is 12.7. The van der Waals surface area contributed by atoms with Crippen LogP contribution in [0.15, 0.2) is 35.5 Å². The van der Waals surface area contributed by atoms with Gasteiger partial charge in [0.15, 0.2) is 5.78 Å². The molecule has 92 valence electrons. The van der Waals surface area contributed by atoms with Crippen molar-refractivity contribution in [3.05, 3.63) is 46.7 Å². The van der Waals surface area contributed by atoms with E-state index in [1.165, 1.54) is 0 Å². The first-order valence-corrected chi connectivity index (χ1v) is 6.34. The predicted octanol–water partition coefficient (Wildman–Crippen LogP) is 2.44. The van der Waals surface area contributed by atoms with E-state index in [0.29, 0.717) is 22.4 Å². The van der Waals surface area contributed by atoms with Gasteiger partial charge in [-0.3, -0.25) is 9.59 Å². The molecular weight excluding hydrogens is 226 g/mol. The van der Waals surface area contributed by atoms with Crippen molar-refractivity contribution in [2.75, 3.05) is 13.1 Å². The number of hydrogen-bond acceptors (Lipinski definition) is 3. The molecule has 3 nitrogen and oxygen atoms in total. The summed E-state index contributed by atoms with van der Waals surface area (Å²) in [4.78, 5) is 26.9. The van der Waals surface area contributed by atoms with Crippen molar-refractivity contribution in [2.45, 2.75) is 19.8 Å². The normalized spacial score (nSPS) is 19.5. The highest BCUT2D eigenvalue weighted by atomic mass is 16.1. The van der Waals surface area contributed by atoms with Crippen LogP contribution in [0.4, 0.5) is 0 Å². The third kappa shape index (κ3) is 1.50. The van der Waals surface area contributed by atoms with Gasteiger partial charge in [-0.2, -0.15) is 0 Å². The van der Waals surface area contributed by atoms with Crippen LogP contribution in [-0.2, 0) is 0 Å². The smallest absolute Gasteiger partial charge is 0.210 e. The first kappa shape index (κ1) is 11.2. The Bertz CT molecular complexity index is 566. The van der Waals surface area contributed by atoms with Crippen LogP contribution in [-0.4, -0.2) is 29.6 Å². The van der Waals surface area contributed by atoms with Gasteiger partial charge < -0.3 is 4.90 Å². The number of Topliss-reactive ketones (excluding diaryl/α,β-unsaturated/α-hetero) is 2. The topological polar surface area (TPSA) is 37.4 Å². The van der Waals surface area contributed by atoms with Crippen LogP contribution >= 0.6 is 0 Å². The van der Waals surface area contributed by atoms with Crippen LogP contribution in [0.25, 0.3) is 0 Å². The molecule has 1 fully saturated rings. The molecule has 0 N–H and O–H groups in total. The minimum atomic E-state index is -0.00731. The molecule has 0 bridgehead atoms. The van der Waals surface area contributed by atoms with Gasteiger partial charge >= 0.3 is 0 Å². The van der Waals surface area contributed by atoms with Crippen molar-refractivity contribution in [3.63, 3.8) is 0 Å². The molecule has 1 aliphatic heterocycles. The zero-order valence-electron chi connectivity index (χ0n) is 10.4. The number of allylic oxidation sites excluding steroid dienone is 2. The summed E-state index contributed by atoms with van der Waals surface area (Å²) in [6.07, 6.45) is 2.19. The van der Waals surface area contributed by atoms with E-state index in [-0.39, 0.29) is 11.6 Å². The summed E-state index contributed by atoms with van der Waals surface area (Å²) in [5, 5.41) is 0. The molecule has 0 radical (unpaired) electrons. The molecule has 0 spiro atoms. The van der Waals surface area contributed by atoms with E-state index in [0.717, 1.165) is 25.9 Å². The molecule has 18 heavy (non-hydrogen) atoms. The quantitative estimate of drug-likeness (QED) is 0.757. The fourth-order valence-corrected chi connectivity index (χ4v) is 2.81. The minimum absolute atomic E-state index is 0.00426. The van der Waals surface area contributed by atoms with E-state index in [9.17, 15) is 9.59 Å². The second kappa shape index (κ2) is 4.09. The average molecular weight is 241 g/mol. The lowest BCUT2D eigenvalue weighted by molar-refractivity contribution is 0.0947. The Morgan fingerprint density at radius 1 is 0.944 bits per heavy atom. The Balaban J connectivity index is 2.13. The molecule has 2 aliphatic rings. The minimum Gasteiger partial charge on any atom is -0.368 e. The molecule has 1 aromatic carbocycles. The predicted molar refractivity (Wildman–Crippen MR) is 68.6 cm³/mol. The highest BCUT2D eigenvalue weighted by Gasteiger charge is 2.33. The first-order chi connectivity index (χ1) is 8.70. The molecule has 0 aromatic heterocycles. The Labute approximate surface area is 106 Å². The summed E-state index contributed by atoms with van der Waals surface area (Å²) in [5.74, 6) is -0.00306. The van der Waals surface area contributed by atoms with Gasteiger partial charge in [0.1, 0.15) is 0 Å². The standard InChI is InChI=1S/C15H15NO2/c1-10-13(16-8-4-5-9-16)15(18)12-7-3-2-6-11(12)14(10)17/h2-3,6-7H,4-5,8-9H2,1H3. The number of ketones is 2. The number of carbonyl (C=O) groups is 2. The molecule has 0 amide bonds. The maximum atomic E-state index is 12.5. The molecule has 1 heterocycles. The van der Waals surface area contributed by atoms with E-state index in [1.807, 2.05) is 6.07 Å². The Hall–Kier alpha value is -1.90. The second-order valence-electron chi connectivity index (χ2n) is 4.87. The number of fused-ring (bicyclic) bond motifs is 1. The summed E-state index contributed by atoms with van der Waals surface area (Å²) < 4.78 is 0. The number of hydrogen-bond donors (Lipinski definition) is 0. The zero-order valence-corrected chi connectivity index (χ0v) is 10.4. The molecule has 1 saturated heterocycles. The molecule has 3 rings (SSSR count). The largest absolute Gasteiger partial charge is 0.368 e. The molecular formula is C15H15NO2. The molecule has 3 heteroatoms. The number of nitrogens with zero attached hydrogens (tertiary/aromatic N) is 1. The van der Waals surface area contributed by atoms with Crippen LogP contribution in [0.1, 0.15) is 40.5 Å². The van der Waals surface area contributed by atoms with Gasteiger partial charge in [0, 0.05) is 29.8 Å². The third-order valence-electron chi connectivity index (χ3n) is 3.75. The highest BCUT2D eigenvalue weighted by molar-refractivity contribution is 6.26. The van der Waals surface area contributed by atoms with Crippen molar-refractivity contribution >= 4 is 11.6 Å². The summed E-state index contributed by atoms with van der Waals surface area (Å²) in [6.45, 7) is 3.53. The fourth-order valence-electron chi connectivity index (χ4n) is 2.81. The Morgan fingerprint density at radius 2 is 1.50 bits per heavy atom. The van der Waals surface area contributed by atoms with E-state index >= 15 is 0 Å². The SMILES string of the molecule is CC1=C(N2CCCC2)C(=O)c2ccccc2C1=O. The monoisotopic (exact) mass is 241 g/mol. The maximum absolute atomic E-state index is 12.5. The van der Waals surface area contributed by atoms with E-state index < -0.39 is 0 Å². The molecule has 1 aliphatic carbocycles. The van der Waals surface area contributed by atoms with Crippen molar-refractivity contribution in [2.24, 2.45) is 0 Å². The Morgan fingerprint density at radius 3 is 2.11 bits per heavy atom. The van der Waals surface area contributed by atoms with Gasteiger partial charge in [-0.25, -0.2) is 0 Å². The van der Waals surface area contributed by atoms with Crippen molar-refractivity contribution in [1.82, 2.24) is 4.90 Å². The summed E-state index contributed by atoms with van der Waals surface area (Å²) in [7, 11) is 0. The van der Waals surface area contributed by atoms with Crippen molar-refractivity contribution < 1.29 is 9.59 Å². The van der Waals surface area contributed by atoms with Gasteiger partial charge in [-0.1, -0.05) is 24.3 Å². The van der Waals surface area contributed by atoms with E-state index in [4.69, 9.17) is 0 Å². The molecule has 0 unspecified atom stereocenters. The lowest BCUT2D eigenvalue weighted by Gasteiger charge is -2.26. The van der Waals surface area contributed by atoms with Crippen LogP contribution in [0.2, 0.25) is 0 Å². The summed E-state index contributed by atoms with van der Waals surface area (Å²) >= 11 is 0.